The molecule has 0 saturated heterocycles. The van der Waals surface area contributed by atoms with Crippen molar-refractivity contribution in [2.24, 2.45) is 0 Å². The summed E-state index contributed by atoms with van der Waals surface area (Å²) in [7, 11) is 0. The van der Waals surface area contributed by atoms with Gasteiger partial charge in [0.05, 0.1) is 12.8 Å². The van der Waals surface area contributed by atoms with Gasteiger partial charge >= 0.3 is 17.9 Å². The maximum atomic E-state index is 10.1. The van der Waals surface area contributed by atoms with Crippen molar-refractivity contribution in [3.8, 4) is 0 Å². The Bertz CT molecular complexity index is 261. The number of hydrogen-bond acceptors (Lipinski definition) is 3. The number of carbonyl (C=O) groups is 3. The Balaban J connectivity index is 0. The molecule has 6 nitrogen and oxygen atoms in total. The molecule has 118 valence electrons. The lowest BCUT2D eigenvalue weighted by atomic mass is 10.1. The summed E-state index contributed by atoms with van der Waals surface area (Å²) in [5, 5.41) is 24.2. The Morgan fingerprint density at radius 1 is 0.600 bits per heavy atom. The van der Waals surface area contributed by atoms with Crippen molar-refractivity contribution in [1.29, 1.82) is 0 Å². The van der Waals surface area contributed by atoms with Gasteiger partial charge in [-0.2, -0.15) is 0 Å². The Kier molecular flexibility index (Phi) is 16.0. The third-order valence-corrected chi connectivity index (χ3v) is 2.55. The molecule has 0 rings (SSSR count). The quantitative estimate of drug-likeness (QED) is 0.504. The topological polar surface area (TPSA) is 112 Å². The number of unbranched alkanes of at least 4 members (excludes halogenated alkanes) is 6. The zero-order valence-electron chi connectivity index (χ0n) is 12.1. The molecule has 0 amide bonds. The van der Waals surface area contributed by atoms with E-state index in [9.17, 15) is 14.4 Å². The van der Waals surface area contributed by atoms with Crippen LogP contribution in [0.3, 0.4) is 0 Å². The van der Waals surface area contributed by atoms with Gasteiger partial charge in [-0.1, -0.05) is 45.4 Å². The van der Waals surface area contributed by atoms with Crippen LogP contribution in [0.1, 0.15) is 71.1 Å². The van der Waals surface area contributed by atoms with Crippen LogP contribution in [0.5, 0.6) is 0 Å². The molecule has 0 aliphatic carbocycles. The second kappa shape index (κ2) is 15.5. The third-order valence-electron chi connectivity index (χ3n) is 2.55. The summed E-state index contributed by atoms with van der Waals surface area (Å²) in [6.45, 7) is 2.20. The van der Waals surface area contributed by atoms with Crippen molar-refractivity contribution in [3.05, 3.63) is 0 Å². The molecule has 20 heavy (non-hydrogen) atoms. The molecule has 3 N–H and O–H groups in total. The summed E-state index contributed by atoms with van der Waals surface area (Å²) in [6.07, 6.45) is 8.05. The van der Waals surface area contributed by atoms with Crippen LogP contribution in [0, 0.1) is 0 Å². The molecule has 0 aliphatic rings. The summed E-state index contributed by atoms with van der Waals surface area (Å²) in [5.41, 5.74) is 0. The van der Waals surface area contributed by atoms with Gasteiger partial charge in [-0.05, 0) is 6.42 Å². The average Bonchev–Trinajstić information content (AvgIpc) is 2.36. The van der Waals surface area contributed by atoms with Crippen LogP contribution in [0.25, 0.3) is 0 Å². The molecule has 0 aromatic carbocycles. The van der Waals surface area contributed by atoms with Crippen LogP contribution in [-0.2, 0) is 14.4 Å². The van der Waals surface area contributed by atoms with Crippen LogP contribution in [-0.4, -0.2) is 33.2 Å². The molecule has 0 aromatic heterocycles. The largest absolute Gasteiger partial charge is 0.481 e. The van der Waals surface area contributed by atoms with E-state index in [-0.39, 0.29) is 12.8 Å². The highest BCUT2D eigenvalue weighted by molar-refractivity contribution is 5.75. The molecule has 0 bridgehead atoms. The third kappa shape index (κ3) is 25.3. The van der Waals surface area contributed by atoms with Gasteiger partial charge in [-0.3, -0.25) is 14.4 Å². The Hall–Kier alpha value is -1.59. The Morgan fingerprint density at radius 2 is 0.950 bits per heavy atom. The summed E-state index contributed by atoms with van der Waals surface area (Å²) in [6, 6.07) is 0. The van der Waals surface area contributed by atoms with Gasteiger partial charge in [0.1, 0.15) is 0 Å². The second-order valence-electron chi connectivity index (χ2n) is 4.55. The molecule has 0 aliphatic heterocycles. The Labute approximate surface area is 119 Å². The van der Waals surface area contributed by atoms with Crippen LogP contribution < -0.4 is 0 Å². The standard InChI is InChI=1S/C10H20O2.C4H6O4/c1-2-3-4-5-6-7-8-9-10(11)12;5-3(6)1-2-4(7)8/h2-9H2,1H3,(H,11,12);1-2H2,(H,5,6)(H,7,8). The van der Waals surface area contributed by atoms with Gasteiger partial charge in [0.25, 0.3) is 0 Å². The summed E-state index contributed by atoms with van der Waals surface area (Å²) in [5.74, 6) is -2.82. The smallest absolute Gasteiger partial charge is 0.303 e. The van der Waals surface area contributed by atoms with E-state index < -0.39 is 17.9 Å². The molecule has 6 heteroatoms. The van der Waals surface area contributed by atoms with E-state index in [2.05, 4.69) is 6.92 Å². The fourth-order valence-electron chi connectivity index (χ4n) is 1.45. The van der Waals surface area contributed by atoms with Crippen molar-refractivity contribution in [2.75, 3.05) is 0 Å². The van der Waals surface area contributed by atoms with E-state index in [0.29, 0.717) is 6.42 Å². The lowest BCUT2D eigenvalue weighted by Gasteiger charge is -1.98. The number of carboxylic acids is 3. The first-order valence-corrected chi connectivity index (χ1v) is 7.05. The lowest BCUT2D eigenvalue weighted by molar-refractivity contribution is -0.143. The zero-order chi connectivity index (χ0) is 15.8. The summed E-state index contributed by atoms with van der Waals surface area (Å²) >= 11 is 0. The van der Waals surface area contributed by atoms with Crippen LogP contribution >= 0.6 is 0 Å². The minimum absolute atomic E-state index is 0.296. The first-order chi connectivity index (χ1) is 9.40. The summed E-state index contributed by atoms with van der Waals surface area (Å²) in [4.78, 5) is 29.4. The first-order valence-electron chi connectivity index (χ1n) is 7.05. The van der Waals surface area contributed by atoms with Crippen LogP contribution in [0.15, 0.2) is 0 Å². The number of hydrogen-bond donors (Lipinski definition) is 3. The predicted molar refractivity (Wildman–Crippen MR) is 74.8 cm³/mol. The number of rotatable bonds is 11. The molecule has 0 saturated carbocycles. The van der Waals surface area contributed by atoms with Crippen LogP contribution in [0.4, 0.5) is 0 Å². The SMILES string of the molecule is CCCCCCCCCC(=O)O.O=C(O)CCC(=O)O. The van der Waals surface area contributed by atoms with E-state index >= 15 is 0 Å². The van der Waals surface area contributed by atoms with E-state index in [1.54, 1.807) is 0 Å². The molecule has 0 fully saturated rings. The molecule has 0 aromatic rings. The minimum Gasteiger partial charge on any atom is -0.481 e. The fourth-order valence-corrected chi connectivity index (χ4v) is 1.45. The van der Waals surface area contributed by atoms with Gasteiger partial charge < -0.3 is 15.3 Å². The van der Waals surface area contributed by atoms with E-state index in [0.717, 1.165) is 12.8 Å². The lowest BCUT2D eigenvalue weighted by Crippen LogP contribution is -2.00. The maximum absolute atomic E-state index is 10.1. The van der Waals surface area contributed by atoms with Gasteiger partial charge in [-0.25, -0.2) is 0 Å². The molecule has 0 heterocycles. The van der Waals surface area contributed by atoms with E-state index in [4.69, 9.17) is 15.3 Å². The fraction of sp³-hybridized carbons (Fsp3) is 0.786. The monoisotopic (exact) mass is 290 g/mol. The van der Waals surface area contributed by atoms with Gasteiger partial charge in [-0.15, -0.1) is 0 Å². The average molecular weight is 290 g/mol. The molecule has 0 radical (unpaired) electrons. The highest BCUT2D eigenvalue weighted by atomic mass is 16.4. The molecule has 0 atom stereocenters. The van der Waals surface area contributed by atoms with Gasteiger partial charge in [0.2, 0.25) is 0 Å². The van der Waals surface area contributed by atoms with Gasteiger partial charge in [0, 0.05) is 6.42 Å². The van der Waals surface area contributed by atoms with Crippen molar-refractivity contribution >= 4 is 17.9 Å². The van der Waals surface area contributed by atoms with Crippen molar-refractivity contribution < 1.29 is 29.7 Å². The highest BCUT2D eigenvalue weighted by Crippen LogP contribution is 2.07. The zero-order valence-corrected chi connectivity index (χ0v) is 12.1. The highest BCUT2D eigenvalue weighted by Gasteiger charge is 2.00. The normalized spacial score (nSPS) is 9.45. The maximum Gasteiger partial charge on any atom is 0.303 e. The van der Waals surface area contributed by atoms with Crippen molar-refractivity contribution in [1.82, 2.24) is 0 Å². The van der Waals surface area contributed by atoms with E-state index in [1.165, 1.54) is 32.1 Å². The van der Waals surface area contributed by atoms with Crippen molar-refractivity contribution in [2.45, 2.75) is 71.1 Å². The van der Waals surface area contributed by atoms with Crippen molar-refractivity contribution in [3.63, 3.8) is 0 Å². The molecular weight excluding hydrogens is 264 g/mol. The molecular formula is C14H26O6. The second-order valence-corrected chi connectivity index (χ2v) is 4.55. The van der Waals surface area contributed by atoms with Crippen LogP contribution in [0.2, 0.25) is 0 Å². The number of aliphatic carboxylic acids is 3. The number of carboxylic acid groups (broad SMARTS) is 3. The molecule has 0 spiro atoms. The Morgan fingerprint density at radius 3 is 1.30 bits per heavy atom. The predicted octanol–water partition coefficient (Wildman–Crippen LogP) is 3.15. The van der Waals surface area contributed by atoms with Gasteiger partial charge in [0.15, 0.2) is 0 Å². The molecule has 0 unspecified atom stereocenters. The first kappa shape index (κ1) is 20.7. The summed E-state index contributed by atoms with van der Waals surface area (Å²) < 4.78 is 0. The van der Waals surface area contributed by atoms with E-state index in [1.807, 2.05) is 0 Å². The minimum atomic E-state index is -1.08.